The van der Waals surface area contributed by atoms with Gasteiger partial charge in [0.05, 0.1) is 4.90 Å². The van der Waals surface area contributed by atoms with Crippen LogP contribution in [0.2, 0.25) is 0 Å². The molecule has 0 aliphatic heterocycles. The van der Waals surface area contributed by atoms with Crippen molar-refractivity contribution in [2.75, 3.05) is 6.54 Å². The molecule has 0 saturated heterocycles. The van der Waals surface area contributed by atoms with Crippen molar-refractivity contribution in [3.8, 4) is 0 Å². The van der Waals surface area contributed by atoms with Crippen LogP contribution in [0.1, 0.15) is 30.9 Å². The minimum Gasteiger partial charge on any atom is -0.313 e. The second-order valence-electron chi connectivity index (χ2n) is 4.89. The number of halogens is 1. The molecule has 0 bridgehead atoms. The molecule has 2 N–H and O–H groups in total. The van der Waals surface area contributed by atoms with Gasteiger partial charge in [-0.2, -0.15) is 0 Å². The molecule has 1 aromatic carbocycles. The van der Waals surface area contributed by atoms with Gasteiger partial charge in [0.25, 0.3) is 0 Å². The van der Waals surface area contributed by atoms with Crippen LogP contribution in [0.4, 0.5) is 4.39 Å². The van der Waals surface area contributed by atoms with Gasteiger partial charge in [0.1, 0.15) is 5.82 Å². The monoisotopic (exact) mass is 286 g/mol. The molecule has 0 spiro atoms. The standard InChI is InChI=1S/C13H19FN2O2S/c1-3-15-8-10-7-12(6-9(2)13(10)14)19(17,18)16-11-4-5-11/h6-7,11,15-16H,3-5,8H2,1-2H3. The van der Waals surface area contributed by atoms with Crippen LogP contribution in [-0.4, -0.2) is 21.0 Å². The molecular weight excluding hydrogens is 267 g/mol. The van der Waals surface area contributed by atoms with E-state index in [0.717, 1.165) is 12.8 Å². The Kier molecular flexibility index (Phi) is 4.23. The van der Waals surface area contributed by atoms with E-state index in [4.69, 9.17) is 0 Å². The Morgan fingerprint density at radius 3 is 2.63 bits per heavy atom. The van der Waals surface area contributed by atoms with E-state index in [1.54, 1.807) is 6.92 Å². The minimum atomic E-state index is -3.53. The van der Waals surface area contributed by atoms with Crippen molar-refractivity contribution in [1.82, 2.24) is 10.0 Å². The van der Waals surface area contributed by atoms with Gasteiger partial charge in [-0.1, -0.05) is 6.92 Å². The molecule has 0 amide bonds. The summed E-state index contributed by atoms with van der Waals surface area (Å²) in [6.45, 7) is 4.53. The first-order valence-corrected chi connectivity index (χ1v) is 7.94. The van der Waals surface area contributed by atoms with Gasteiger partial charge in [0.15, 0.2) is 0 Å². The number of sulfonamides is 1. The largest absolute Gasteiger partial charge is 0.313 e. The lowest BCUT2D eigenvalue weighted by atomic mass is 10.1. The average Bonchev–Trinajstić information content (AvgIpc) is 3.14. The number of rotatable bonds is 6. The number of nitrogens with one attached hydrogen (secondary N) is 2. The van der Waals surface area contributed by atoms with Crippen LogP contribution in [-0.2, 0) is 16.6 Å². The summed E-state index contributed by atoms with van der Waals surface area (Å²) in [6.07, 6.45) is 1.76. The summed E-state index contributed by atoms with van der Waals surface area (Å²) < 4.78 is 40.8. The number of hydrogen-bond acceptors (Lipinski definition) is 3. The third-order valence-corrected chi connectivity index (χ3v) is 4.58. The molecule has 1 saturated carbocycles. The smallest absolute Gasteiger partial charge is 0.240 e. The molecular formula is C13H19FN2O2S. The highest BCUT2D eigenvalue weighted by atomic mass is 32.2. The Bertz CT molecular complexity index is 568. The summed E-state index contributed by atoms with van der Waals surface area (Å²) in [5, 5.41) is 3.01. The Morgan fingerprint density at radius 1 is 1.37 bits per heavy atom. The summed E-state index contributed by atoms with van der Waals surface area (Å²) in [5.41, 5.74) is 0.740. The quantitative estimate of drug-likeness (QED) is 0.836. The van der Waals surface area contributed by atoms with Crippen molar-refractivity contribution in [3.05, 3.63) is 29.1 Å². The zero-order chi connectivity index (χ0) is 14.0. The zero-order valence-corrected chi connectivity index (χ0v) is 12.0. The molecule has 19 heavy (non-hydrogen) atoms. The summed E-state index contributed by atoms with van der Waals surface area (Å²) in [4.78, 5) is 0.145. The summed E-state index contributed by atoms with van der Waals surface area (Å²) in [7, 11) is -3.53. The van der Waals surface area contributed by atoms with Gasteiger partial charge in [0.2, 0.25) is 10.0 Å². The van der Waals surface area contributed by atoms with Crippen LogP contribution in [0, 0.1) is 12.7 Å². The molecule has 1 aliphatic carbocycles. The Hall–Kier alpha value is -0.980. The third-order valence-electron chi connectivity index (χ3n) is 3.08. The van der Waals surface area contributed by atoms with Crippen molar-refractivity contribution in [2.24, 2.45) is 0 Å². The lowest BCUT2D eigenvalue weighted by molar-refractivity contribution is 0.572. The molecule has 6 heteroatoms. The molecule has 0 atom stereocenters. The molecule has 0 radical (unpaired) electrons. The van der Waals surface area contributed by atoms with Gasteiger partial charge in [-0.25, -0.2) is 17.5 Å². The second kappa shape index (κ2) is 5.56. The molecule has 0 unspecified atom stereocenters. The topological polar surface area (TPSA) is 58.2 Å². The van der Waals surface area contributed by atoms with E-state index >= 15 is 0 Å². The van der Waals surface area contributed by atoms with Gasteiger partial charge in [-0.05, 0) is 44.0 Å². The Labute approximate surface area is 113 Å². The van der Waals surface area contributed by atoms with E-state index in [-0.39, 0.29) is 16.8 Å². The van der Waals surface area contributed by atoms with E-state index in [1.165, 1.54) is 12.1 Å². The maximum Gasteiger partial charge on any atom is 0.240 e. The molecule has 0 heterocycles. The van der Waals surface area contributed by atoms with Gasteiger partial charge in [-0.15, -0.1) is 0 Å². The lowest BCUT2D eigenvalue weighted by Gasteiger charge is -2.11. The number of hydrogen-bond donors (Lipinski definition) is 2. The zero-order valence-electron chi connectivity index (χ0n) is 11.2. The van der Waals surface area contributed by atoms with Gasteiger partial charge in [-0.3, -0.25) is 0 Å². The summed E-state index contributed by atoms with van der Waals surface area (Å²) in [5.74, 6) is -0.341. The molecule has 1 fully saturated rings. The van der Waals surface area contributed by atoms with E-state index in [1.807, 2.05) is 6.92 Å². The highest BCUT2D eigenvalue weighted by Crippen LogP contribution is 2.24. The van der Waals surface area contributed by atoms with Gasteiger partial charge >= 0.3 is 0 Å². The normalized spacial score (nSPS) is 15.7. The fourth-order valence-electron chi connectivity index (χ4n) is 1.84. The SMILES string of the molecule is CCNCc1cc(S(=O)(=O)NC2CC2)cc(C)c1F. The van der Waals surface area contributed by atoms with Crippen LogP contribution in [0.5, 0.6) is 0 Å². The molecule has 0 aromatic heterocycles. The number of benzene rings is 1. The van der Waals surface area contributed by atoms with Gasteiger partial charge < -0.3 is 5.32 Å². The minimum absolute atomic E-state index is 0.0487. The average molecular weight is 286 g/mol. The number of aryl methyl sites for hydroxylation is 1. The van der Waals surface area contributed by atoms with Crippen LogP contribution in [0.15, 0.2) is 17.0 Å². The van der Waals surface area contributed by atoms with Crippen LogP contribution < -0.4 is 10.0 Å². The maximum atomic E-state index is 13.9. The first kappa shape index (κ1) is 14.4. The van der Waals surface area contributed by atoms with Gasteiger partial charge in [0, 0.05) is 18.2 Å². The van der Waals surface area contributed by atoms with Crippen LogP contribution in [0.25, 0.3) is 0 Å². The van der Waals surface area contributed by atoms with Crippen molar-refractivity contribution in [3.63, 3.8) is 0 Å². The summed E-state index contributed by atoms with van der Waals surface area (Å²) >= 11 is 0. The Morgan fingerprint density at radius 2 is 2.05 bits per heavy atom. The van der Waals surface area contributed by atoms with Crippen molar-refractivity contribution < 1.29 is 12.8 Å². The molecule has 106 valence electrons. The fourth-order valence-corrected chi connectivity index (χ4v) is 3.28. The van der Waals surface area contributed by atoms with E-state index in [2.05, 4.69) is 10.0 Å². The van der Waals surface area contributed by atoms with E-state index in [9.17, 15) is 12.8 Å². The second-order valence-corrected chi connectivity index (χ2v) is 6.60. The first-order valence-electron chi connectivity index (χ1n) is 6.46. The predicted molar refractivity (Wildman–Crippen MR) is 71.9 cm³/mol. The summed E-state index contributed by atoms with van der Waals surface area (Å²) in [6, 6.07) is 2.85. The lowest BCUT2D eigenvalue weighted by Crippen LogP contribution is -2.26. The molecule has 1 aromatic rings. The highest BCUT2D eigenvalue weighted by molar-refractivity contribution is 7.89. The Balaban J connectivity index is 2.32. The highest BCUT2D eigenvalue weighted by Gasteiger charge is 2.28. The third kappa shape index (κ3) is 3.52. The maximum absolute atomic E-state index is 13.9. The van der Waals surface area contributed by atoms with E-state index < -0.39 is 10.0 Å². The van der Waals surface area contributed by atoms with E-state index in [0.29, 0.717) is 24.2 Å². The van der Waals surface area contributed by atoms with Crippen molar-refractivity contribution in [1.29, 1.82) is 0 Å². The molecule has 1 aliphatic rings. The predicted octanol–water partition coefficient (Wildman–Crippen LogP) is 1.68. The fraction of sp³-hybridized carbons (Fsp3) is 0.538. The van der Waals surface area contributed by atoms with Crippen LogP contribution in [0.3, 0.4) is 0 Å². The molecule has 2 rings (SSSR count). The van der Waals surface area contributed by atoms with Crippen LogP contribution >= 0.6 is 0 Å². The van der Waals surface area contributed by atoms with Crippen molar-refractivity contribution in [2.45, 2.75) is 44.2 Å². The molecule has 4 nitrogen and oxygen atoms in total. The first-order chi connectivity index (χ1) is 8.94. The van der Waals surface area contributed by atoms with Crippen molar-refractivity contribution >= 4 is 10.0 Å².